The second-order valence-corrected chi connectivity index (χ2v) is 5.05. The van der Waals surface area contributed by atoms with Crippen molar-refractivity contribution in [1.82, 2.24) is 0 Å². The van der Waals surface area contributed by atoms with Gasteiger partial charge in [-0.05, 0) is 18.8 Å². The van der Waals surface area contributed by atoms with Crippen molar-refractivity contribution in [2.24, 2.45) is 5.92 Å². The van der Waals surface area contributed by atoms with E-state index in [1.165, 1.54) is 19.3 Å². The molecule has 0 amide bonds. The van der Waals surface area contributed by atoms with Crippen LogP contribution in [0.2, 0.25) is 0 Å². The maximum Gasteiger partial charge on any atom is 0.184 e. The Hall–Kier alpha value is -0.160. The lowest BCUT2D eigenvalue weighted by Crippen LogP contribution is -2.44. The molecule has 4 nitrogen and oxygen atoms in total. The second-order valence-electron chi connectivity index (χ2n) is 5.05. The number of ether oxygens (including phenoxy) is 4. The van der Waals surface area contributed by atoms with Crippen LogP contribution in [0.1, 0.15) is 25.7 Å². The van der Waals surface area contributed by atoms with Crippen molar-refractivity contribution in [1.29, 1.82) is 0 Å². The summed E-state index contributed by atoms with van der Waals surface area (Å²) in [5.74, 6) is 0.779. The van der Waals surface area contributed by atoms with E-state index in [0.29, 0.717) is 6.61 Å². The zero-order valence-electron chi connectivity index (χ0n) is 9.76. The average molecular weight is 228 g/mol. The highest BCUT2D eigenvalue weighted by Gasteiger charge is 2.45. The minimum absolute atomic E-state index is 0.0325. The zero-order chi connectivity index (χ0) is 11.0. The summed E-state index contributed by atoms with van der Waals surface area (Å²) in [6.45, 7) is 1.53. The highest BCUT2D eigenvalue weighted by molar-refractivity contribution is 4.88. The number of methoxy groups -OCH3 is 1. The van der Waals surface area contributed by atoms with Gasteiger partial charge < -0.3 is 18.9 Å². The number of fused-ring (bicyclic) bond motifs is 2. The van der Waals surface area contributed by atoms with Crippen LogP contribution in [0.15, 0.2) is 0 Å². The molecule has 1 saturated carbocycles. The molecule has 92 valence electrons. The summed E-state index contributed by atoms with van der Waals surface area (Å²) in [6, 6.07) is 0. The van der Waals surface area contributed by atoms with Gasteiger partial charge in [-0.2, -0.15) is 0 Å². The largest absolute Gasteiger partial charge is 0.376 e. The smallest absolute Gasteiger partial charge is 0.184 e. The molecular formula is C12H20O4. The van der Waals surface area contributed by atoms with Crippen LogP contribution >= 0.6 is 0 Å². The Labute approximate surface area is 96.2 Å². The maximum absolute atomic E-state index is 5.96. The van der Waals surface area contributed by atoms with Crippen LogP contribution in [0.5, 0.6) is 0 Å². The Morgan fingerprint density at radius 2 is 2.12 bits per heavy atom. The van der Waals surface area contributed by atoms with E-state index in [1.54, 1.807) is 7.11 Å². The lowest BCUT2D eigenvalue weighted by Gasteiger charge is -2.34. The first-order chi connectivity index (χ1) is 7.86. The highest BCUT2D eigenvalue weighted by Crippen LogP contribution is 2.33. The fraction of sp³-hybridized carbons (Fsp3) is 1.00. The first-order valence-corrected chi connectivity index (χ1v) is 6.28. The molecule has 0 N–H and O–H groups in total. The Balaban J connectivity index is 1.52. The molecule has 0 radical (unpaired) electrons. The summed E-state index contributed by atoms with van der Waals surface area (Å²) in [5, 5.41) is 0. The lowest BCUT2D eigenvalue weighted by molar-refractivity contribution is -0.201. The molecule has 4 atom stereocenters. The molecule has 0 aromatic heterocycles. The van der Waals surface area contributed by atoms with Gasteiger partial charge in [-0.3, -0.25) is 0 Å². The molecular weight excluding hydrogens is 208 g/mol. The molecule has 0 aromatic rings. The van der Waals surface area contributed by atoms with E-state index >= 15 is 0 Å². The fourth-order valence-corrected chi connectivity index (χ4v) is 2.62. The quantitative estimate of drug-likeness (QED) is 0.727. The Morgan fingerprint density at radius 3 is 2.81 bits per heavy atom. The van der Waals surface area contributed by atoms with Gasteiger partial charge in [0.1, 0.15) is 12.2 Å². The first-order valence-electron chi connectivity index (χ1n) is 6.28. The summed E-state index contributed by atoms with van der Waals surface area (Å²) in [5.41, 5.74) is 0. The van der Waals surface area contributed by atoms with Crippen molar-refractivity contribution >= 4 is 0 Å². The predicted molar refractivity (Wildman–Crippen MR) is 57.1 cm³/mol. The zero-order valence-corrected chi connectivity index (χ0v) is 9.76. The molecule has 1 unspecified atom stereocenters. The van der Waals surface area contributed by atoms with Crippen LogP contribution in [-0.2, 0) is 18.9 Å². The van der Waals surface area contributed by atoms with Gasteiger partial charge in [-0.25, -0.2) is 0 Å². The van der Waals surface area contributed by atoms with Crippen molar-refractivity contribution in [3.05, 3.63) is 0 Å². The van der Waals surface area contributed by atoms with Crippen LogP contribution in [0.25, 0.3) is 0 Å². The lowest BCUT2D eigenvalue weighted by atomic mass is 9.86. The Morgan fingerprint density at radius 1 is 1.25 bits per heavy atom. The Bertz CT molecular complexity index is 241. The van der Waals surface area contributed by atoms with Gasteiger partial charge in [0.05, 0.1) is 12.7 Å². The predicted octanol–water partition coefficient (Wildman–Crippen LogP) is 1.33. The normalized spacial score (nSPS) is 43.3. The molecule has 16 heavy (non-hydrogen) atoms. The van der Waals surface area contributed by atoms with E-state index in [2.05, 4.69) is 0 Å². The number of rotatable bonds is 4. The van der Waals surface area contributed by atoms with Gasteiger partial charge in [-0.15, -0.1) is 0 Å². The molecule has 2 bridgehead atoms. The molecule has 1 aliphatic carbocycles. The van der Waals surface area contributed by atoms with E-state index in [4.69, 9.17) is 18.9 Å². The van der Waals surface area contributed by atoms with Gasteiger partial charge in [0, 0.05) is 20.1 Å². The van der Waals surface area contributed by atoms with Crippen LogP contribution in [0, 0.1) is 5.92 Å². The van der Waals surface area contributed by atoms with Gasteiger partial charge >= 0.3 is 0 Å². The second kappa shape index (κ2) is 4.61. The fourth-order valence-electron chi connectivity index (χ4n) is 2.62. The topological polar surface area (TPSA) is 36.9 Å². The van der Waals surface area contributed by atoms with Crippen LogP contribution in [0.3, 0.4) is 0 Å². The van der Waals surface area contributed by atoms with Crippen molar-refractivity contribution in [3.8, 4) is 0 Å². The van der Waals surface area contributed by atoms with Crippen molar-refractivity contribution in [2.75, 3.05) is 20.3 Å². The van der Waals surface area contributed by atoms with Gasteiger partial charge in [0.25, 0.3) is 0 Å². The van der Waals surface area contributed by atoms with Gasteiger partial charge in [0.2, 0.25) is 0 Å². The van der Waals surface area contributed by atoms with Crippen LogP contribution in [-0.4, -0.2) is 44.9 Å². The molecule has 0 spiro atoms. The average Bonchev–Trinajstić information content (AvgIpc) is 2.64. The van der Waals surface area contributed by atoms with Crippen molar-refractivity contribution in [3.63, 3.8) is 0 Å². The molecule has 3 aliphatic rings. The van der Waals surface area contributed by atoms with Crippen LogP contribution < -0.4 is 0 Å². The third kappa shape index (κ3) is 1.99. The minimum atomic E-state index is -0.168. The molecule has 2 heterocycles. The van der Waals surface area contributed by atoms with Crippen molar-refractivity contribution < 1.29 is 18.9 Å². The molecule has 2 saturated heterocycles. The van der Waals surface area contributed by atoms with E-state index in [9.17, 15) is 0 Å². The summed E-state index contributed by atoms with van der Waals surface area (Å²) in [7, 11) is 1.71. The molecule has 2 aliphatic heterocycles. The SMILES string of the molecule is CO[C@@H]1C[C@H](OCC2CCC2)[C@H]2COC1O2. The summed E-state index contributed by atoms with van der Waals surface area (Å²) >= 11 is 0. The van der Waals surface area contributed by atoms with E-state index in [1.807, 2.05) is 0 Å². The van der Waals surface area contributed by atoms with E-state index in [-0.39, 0.29) is 24.6 Å². The maximum atomic E-state index is 5.96. The summed E-state index contributed by atoms with van der Waals surface area (Å²) < 4.78 is 22.6. The molecule has 4 heteroatoms. The number of hydrogen-bond acceptors (Lipinski definition) is 4. The Kier molecular flexibility index (Phi) is 3.16. The third-order valence-corrected chi connectivity index (χ3v) is 3.99. The summed E-state index contributed by atoms with van der Waals surface area (Å²) in [6.07, 6.45) is 5.06. The standard InChI is InChI=1S/C12H20O4/c1-13-10-5-9(11-7-15-12(10)16-11)14-6-8-3-2-4-8/h8-12H,2-7H2,1H3/t9-,10+,11+,12?/m0/s1. The minimum Gasteiger partial charge on any atom is -0.376 e. The molecule has 0 aromatic carbocycles. The van der Waals surface area contributed by atoms with E-state index < -0.39 is 0 Å². The third-order valence-electron chi connectivity index (χ3n) is 3.99. The van der Waals surface area contributed by atoms with Gasteiger partial charge in [0.15, 0.2) is 6.29 Å². The van der Waals surface area contributed by atoms with E-state index in [0.717, 1.165) is 18.9 Å². The van der Waals surface area contributed by atoms with Crippen LogP contribution in [0.4, 0.5) is 0 Å². The monoisotopic (exact) mass is 228 g/mol. The molecule has 3 rings (SSSR count). The van der Waals surface area contributed by atoms with Crippen molar-refractivity contribution in [2.45, 2.75) is 50.3 Å². The summed E-state index contributed by atoms with van der Waals surface area (Å²) in [4.78, 5) is 0. The number of hydrogen-bond donors (Lipinski definition) is 0. The molecule has 3 fully saturated rings. The van der Waals surface area contributed by atoms with Gasteiger partial charge in [-0.1, -0.05) is 6.42 Å². The first kappa shape index (κ1) is 11.0. The highest BCUT2D eigenvalue weighted by atomic mass is 16.7.